The van der Waals surface area contributed by atoms with Crippen LogP contribution in [0.3, 0.4) is 0 Å². The van der Waals surface area contributed by atoms with Crippen LogP contribution in [0.1, 0.15) is 0 Å². The SMILES string of the molecule is COc1nnsc1S(=O)(=O)c1ccc(Cl)cc1. The molecule has 0 N–H and O–H groups in total. The smallest absolute Gasteiger partial charge is 0.265 e. The molecule has 0 spiro atoms. The average molecular weight is 291 g/mol. The summed E-state index contributed by atoms with van der Waals surface area (Å²) in [4.78, 5) is 0.131. The fourth-order valence-corrected chi connectivity index (χ4v) is 3.54. The molecule has 0 fully saturated rings. The van der Waals surface area contributed by atoms with Crippen molar-refractivity contribution in [3.05, 3.63) is 29.3 Å². The van der Waals surface area contributed by atoms with Crippen LogP contribution in [-0.4, -0.2) is 25.1 Å². The van der Waals surface area contributed by atoms with Crippen LogP contribution in [0.5, 0.6) is 5.88 Å². The van der Waals surface area contributed by atoms with Gasteiger partial charge in [0, 0.05) is 16.6 Å². The minimum Gasteiger partial charge on any atom is -0.478 e. The van der Waals surface area contributed by atoms with Gasteiger partial charge < -0.3 is 4.74 Å². The molecular weight excluding hydrogens is 284 g/mol. The fraction of sp³-hybridized carbons (Fsp3) is 0.111. The Hall–Kier alpha value is -1.18. The number of ether oxygens (including phenoxy) is 1. The van der Waals surface area contributed by atoms with Crippen molar-refractivity contribution < 1.29 is 13.2 Å². The lowest BCUT2D eigenvalue weighted by Gasteiger charge is -2.02. The molecule has 17 heavy (non-hydrogen) atoms. The van der Waals surface area contributed by atoms with E-state index in [1.54, 1.807) is 0 Å². The van der Waals surface area contributed by atoms with Crippen LogP contribution < -0.4 is 4.74 Å². The number of benzene rings is 1. The van der Waals surface area contributed by atoms with Gasteiger partial charge in [-0.2, -0.15) is 0 Å². The molecule has 0 atom stereocenters. The van der Waals surface area contributed by atoms with Gasteiger partial charge in [0.05, 0.1) is 12.0 Å². The first-order valence-electron chi connectivity index (χ1n) is 4.42. The van der Waals surface area contributed by atoms with Gasteiger partial charge in [0.15, 0.2) is 0 Å². The zero-order valence-electron chi connectivity index (χ0n) is 8.62. The van der Waals surface area contributed by atoms with Gasteiger partial charge in [0.2, 0.25) is 14.0 Å². The van der Waals surface area contributed by atoms with E-state index < -0.39 is 9.84 Å². The molecule has 1 aromatic carbocycles. The number of methoxy groups -OCH3 is 1. The molecule has 0 bridgehead atoms. The van der Waals surface area contributed by atoms with Crippen LogP contribution in [0.15, 0.2) is 33.4 Å². The number of hydrogen-bond acceptors (Lipinski definition) is 6. The van der Waals surface area contributed by atoms with Gasteiger partial charge in [-0.3, -0.25) is 0 Å². The Bertz CT molecular complexity index is 622. The van der Waals surface area contributed by atoms with E-state index in [-0.39, 0.29) is 15.0 Å². The minimum atomic E-state index is -3.65. The highest BCUT2D eigenvalue weighted by molar-refractivity contribution is 7.93. The summed E-state index contributed by atoms with van der Waals surface area (Å²) in [6, 6.07) is 5.87. The lowest BCUT2D eigenvalue weighted by Crippen LogP contribution is -2.01. The number of nitrogens with zero attached hydrogens (tertiary/aromatic N) is 2. The summed E-state index contributed by atoms with van der Waals surface area (Å²) >= 11 is 6.48. The maximum absolute atomic E-state index is 12.2. The number of aromatic nitrogens is 2. The third-order valence-electron chi connectivity index (χ3n) is 1.99. The van der Waals surface area contributed by atoms with Gasteiger partial charge in [-0.25, -0.2) is 8.42 Å². The van der Waals surface area contributed by atoms with Gasteiger partial charge in [0.1, 0.15) is 0 Å². The predicted molar refractivity (Wildman–Crippen MR) is 63.4 cm³/mol. The molecule has 0 aliphatic carbocycles. The lowest BCUT2D eigenvalue weighted by molar-refractivity contribution is 0.386. The largest absolute Gasteiger partial charge is 0.478 e. The zero-order chi connectivity index (χ0) is 12.5. The summed E-state index contributed by atoms with van der Waals surface area (Å²) in [7, 11) is -2.30. The van der Waals surface area contributed by atoms with Crippen LogP contribution in [0.4, 0.5) is 0 Å². The van der Waals surface area contributed by atoms with Crippen molar-refractivity contribution in [3.8, 4) is 5.88 Å². The van der Waals surface area contributed by atoms with Gasteiger partial charge in [-0.15, -0.1) is 0 Å². The molecule has 90 valence electrons. The molecule has 2 aromatic rings. The number of rotatable bonds is 3. The van der Waals surface area contributed by atoms with Gasteiger partial charge >= 0.3 is 0 Å². The van der Waals surface area contributed by atoms with Crippen LogP contribution >= 0.6 is 23.1 Å². The van der Waals surface area contributed by atoms with E-state index in [1.807, 2.05) is 0 Å². The Morgan fingerprint density at radius 3 is 2.53 bits per heavy atom. The highest BCUT2D eigenvalue weighted by Crippen LogP contribution is 2.30. The Morgan fingerprint density at radius 2 is 1.94 bits per heavy atom. The third-order valence-corrected chi connectivity index (χ3v) is 5.18. The minimum absolute atomic E-state index is 0.00458. The summed E-state index contributed by atoms with van der Waals surface area (Å²) in [6.45, 7) is 0. The first-order valence-corrected chi connectivity index (χ1v) is 7.06. The Balaban J connectivity index is 2.54. The Morgan fingerprint density at radius 1 is 1.29 bits per heavy atom. The molecule has 0 radical (unpaired) electrons. The quantitative estimate of drug-likeness (QED) is 0.865. The second-order valence-corrected chi connectivity index (χ2v) is 6.36. The summed E-state index contributed by atoms with van der Waals surface area (Å²) in [5.74, 6) is 0.00458. The van der Waals surface area contributed by atoms with Crippen molar-refractivity contribution in [3.63, 3.8) is 0 Å². The van der Waals surface area contributed by atoms with Crippen molar-refractivity contribution in [2.45, 2.75) is 9.10 Å². The van der Waals surface area contributed by atoms with E-state index >= 15 is 0 Å². The van der Waals surface area contributed by atoms with Gasteiger partial charge in [-0.1, -0.05) is 21.2 Å². The van der Waals surface area contributed by atoms with Gasteiger partial charge in [0.25, 0.3) is 5.88 Å². The molecular formula is C9H7ClN2O3S2. The predicted octanol–water partition coefficient (Wildman–Crippen LogP) is 2.03. The third kappa shape index (κ3) is 2.26. The van der Waals surface area contributed by atoms with Crippen LogP contribution in [0, 0.1) is 0 Å². The molecule has 1 heterocycles. The van der Waals surface area contributed by atoms with E-state index in [2.05, 4.69) is 9.59 Å². The van der Waals surface area contributed by atoms with Gasteiger partial charge in [-0.05, 0) is 24.3 Å². The van der Waals surface area contributed by atoms with Crippen LogP contribution in [-0.2, 0) is 9.84 Å². The van der Waals surface area contributed by atoms with Crippen molar-refractivity contribution in [2.24, 2.45) is 0 Å². The van der Waals surface area contributed by atoms with E-state index in [0.717, 1.165) is 11.5 Å². The fourth-order valence-electron chi connectivity index (χ4n) is 1.18. The highest BCUT2D eigenvalue weighted by Gasteiger charge is 2.26. The molecule has 2 rings (SSSR count). The second-order valence-electron chi connectivity index (χ2n) is 3.03. The van der Waals surface area contributed by atoms with E-state index in [9.17, 15) is 8.42 Å². The maximum Gasteiger partial charge on any atom is 0.265 e. The first-order chi connectivity index (χ1) is 8.05. The number of hydrogen-bond donors (Lipinski definition) is 0. The van der Waals surface area contributed by atoms with Crippen molar-refractivity contribution in [1.29, 1.82) is 0 Å². The maximum atomic E-state index is 12.2. The molecule has 8 heteroatoms. The van der Waals surface area contributed by atoms with Crippen molar-refractivity contribution >= 4 is 33.0 Å². The van der Waals surface area contributed by atoms with Crippen molar-refractivity contribution in [1.82, 2.24) is 9.59 Å². The molecule has 0 aliphatic rings. The van der Waals surface area contributed by atoms with E-state index in [4.69, 9.17) is 16.3 Å². The van der Waals surface area contributed by atoms with E-state index in [0.29, 0.717) is 5.02 Å². The zero-order valence-corrected chi connectivity index (χ0v) is 11.0. The number of sulfone groups is 1. The van der Waals surface area contributed by atoms with Crippen LogP contribution in [0.2, 0.25) is 5.02 Å². The molecule has 0 aliphatic heterocycles. The topological polar surface area (TPSA) is 69.2 Å². The van der Waals surface area contributed by atoms with E-state index in [1.165, 1.54) is 31.4 Å². The average Bonchev–Trinajstić information content (AvgIpc) is 2.78. The standard InChI is InChI=1S/C9H7ClN2O3S2/c1-15-8-9(16-12-11-8)17(13,14)7-4-2-6(10)3-5-7/h2-5H,1H3. The Kier molecular flexibility index (Phi) is 3.32. The van der Waals surface area contributed by atoms with Crippen LogP contribution in [0.25, 0.3) is 0 Å². The van der Waals surface area contributed by atoms with Crippen molar-refractivity contribution in [2.75, 3.05) is 7.11 Å². The normalized spacial score (nSPS) is 11.4. The molecule has 0 saturated heterocycles. The summed E-state index contributed by atoms with van der Waals surface area (Å²) in [6.07, 6.45) is 0. The first kappa shape index (κ1) is 12.3. The summed E-state index contributed by atoms with van der Waals surface area (Å²) in [5.41, 5.74) is 0. The lowest BCUT2D eigenvalue weighted by atomic mass is 10.4. The second kappa shape index (κ2) is 4.59. The molecule has 0 unspecified atom stereocenters. The monoisotopic (exact) mass is 290 g/mol. The summed E-state index contributed by atoms with van der Waals surface area (Å²) < 4.78 is 32.8. The Labute approximate surface area is 107 Å². The molecule has 0 amide bonds. The summed E-state index contributed by atoms with van der Waals surface area (Å²) in [5, 5.41) is 4.06. The number of halogens is 1. The highest BCUT2D eigenvalue weighted by atomic mass is 35.5. The molecule has 1 aromatic heterocycles. The molecule has 5 nitrogen and oxygen atoms in total. The molecule has 0 saturated carbocycles.